The first-order valence-electron chi connectivity index (χ1n) is 10.00. The van der Waals surface area contributed by atoms with Crippen molar-refractivity contribution >= 4 is 16.9 Å². The zero-order chi connectivity index (χ0) is 20.2. The summed E-state index contributed by atoms with van der Waals surface area (Å²) in [6.45, 7) is 0.315. The van der Waals surface area contributed by atoms with Crippen molar-refractivity contribution in [1.29, 1.82) is 0 Å². The fourth-order valence-electron chi connectivity index (χ4n) is 4.17. The van der Waals surface area contributed by atoms with E-state index in [9.17, 15) is 9.18 Å². The Kier molecular flexibility index (Phi) is 5.74. The van der Waals surface area contributed by atoms with E-state index in [2.05, 4.69) is 4.98 Å². The summed E-state index contributed by atoms with van der Waals surface area (Å²) < 4.78 is 24.2. The quantitative estimate of drug-likeness (QED) is 0.526. The fourth-order valence-corrected chi connectivity index (χ4v) is 4.17. The summed E-state index contributed by atoms with van der Waals surface area (Å²) in [4.78, 5) is 16.8. The second-order valence-electron chi connectivity index (χ2n) is 7.54. The van der Waals surface area contributed by atoms with Crippen LogP contribution in [0.5, 0.6) is 5.75 Å². The van der Waals surface area contributed by atoms with Crippen LogP contribution in [0.1, 0.15) is 42.9 Å². The third-order valence-corrected chi connectivity index (χ3v) is 5.66. The van der Waals surface area contributed by atoms with Gasteiger partial charge < -0.3 is 9.47 Å². The highest BCUT2D eigenvalue weighted by Gasteiger charge is 2.32. The molecule has 2 aromatic carbocycles. The first-order chi connectivity index (χ1) is 14.1. The van der Waals surface area contributed by atoms with E-state index in [-0.39, 0.29) is 17.7 Å². The number of esters is 1. The summed E-state index contributed by atoms with van der Waals surface area (Å²) in [5.74, 6) is 0.415. The Morgan fingerprint density at radius 1 is 1.10 bits per heavy atom. The number of aromatic nitrogens is 1. The first kappa shape index (κ1) is 19.4. The van der Waals surface area contributed by atoms with Crippen LogP contribution >= 0.6 is 0 Å². The average molecular weight is 393 g/mol. The SMILES string of the molecule is COC(=O)C(c1ccc(OCc2ccc3cc(F)ccc3n2)cc1)C1CCCC1. The van der Waals surface area contributed by atoms with Crippen LogP contribution < -0.4 is 4.74 Å². The molecule has 1 unspecified atom stereocenters. The molecule has 1 atom stereocenters. The number of methoxy groups -OCH3 is 1. The number of fused-ring (bicyclic) bond motifs is 1. The van der Waals surface area contributed by atoms with Gasteiger partial charge in [-0.05, 0) is 60.7 Å². The molecule has 0 amide bonds. The highest BCUT2D eigenvalue weighted by molar-refractivity contribution is 5.79. The Labute approximate surface area is 169 Å². The van der Waals surface area contributed by atoms with Crippen LogP contribution in [0.25, 0.3) is 10.9 Å². The molecule has 1 aromatic heterocycles. The Hall–Kier alpha value is -2.95. The first-order valence-corrected chi connectivity index (χ1v) is 10.00. The van der Waals surface area contributed by atoms with Gasteiger partial charge in [-0.15, -0.1) is 0 Å². The van der Waals surface area contributed by atoms with Crippen LogP contribution in [0.2, 0.25) is 0 Å². The largest absolute Gasteiger partial charge is 0.487 e. The van der Waals surface area contributed by atoms with E-state index in [1.54, 1.807) is 6.07 Å². The summed E-state index contributed by atoms with van der Waals surface area (Å²) >= 11 is 0. The van der Waals surface area contributed by atoms with Crippen LogP contribution in [0, 0.1) is 11.7 Å². The predicted molar refractivity (Wildman–Crippen MR) is 109 cm³/mol. The maximum absolute atomic E-state index is 13.3. The van der Waals surface area contributed by atoms with Gasteiger partial charge in [-0.3, -0.25) is 4.79 Å². The second-order valence-corrected chi connectivity index (χ2v) is 7.54. The van der Waals surface area contributed by atoms with E-state index < -0.39 is 0 Å². The molecule has 0 spiro atoms. The van der Waals surface area contributed by atoms with Gasteiger partial charge in [0.05, 0.1) is 24.2 Å². The Morgan fingerprint density at radius 3 is 2.59 bits per heavy atom. The van der Waals surface area contributed by atoms with Gasteiger partial charge in [-0.25, -0.2) is 9.37 Å². The number of hydrogen-bond acceptors (Lipinski definition) is 4. The fraction of sp³-hybridized carbons (Fsp3) is 0.333. The molecule has 1 fully saturated rings. The zero-order valence-corrected chi connectivity index (χ0v) is 16.4. The van der Waals surface area contributed by atoms with Gasteiger partial charge in [-0.1, -0.05) is 31.0 Å². The number of pyridine rings is 1. The Bertz CT molecular complexity index is 997. The minimum atomic E-state index is -0.272. The molecule has 4 nitrogen and oxygen atoms in total. The molecule has 0 aliphatic heterocycles. The van der Waals surface area contributed by atoms with Crippen LogP contribution in [0.4, 0.5) is 4.39 Å². The van der Waals surface area contributed by atoms with Gasteiger partial charge in [0.1, 0.15) is 18.2 Å². The number of halogens is 1. The minimum absolute atomic E-state index is 0.164. The van der Waals surface area contributed by atoms with Gasteiger partial charge in [0.2, 0.25) is 0 Å². The van der Waals surface area contributed by atoms with E-state index in [1.165, 1.54) is 32.1 Å². The number of nitrogens with zero attached hydrogens (tertiary/aromatic N) is 1. The number of carbonyl (C=O) groups is 1. The molecule has 1 aliphatic rings. The van der Waals surface area contributed by atoms with E-state index in [1.807, 2.05) is 36.4 Å². The maximum atomic E-state index is 13.3. The topological polar surface area (TPSA) is 48.4 Å². The number of benzene rings is 2. The zero-order valence-electron chi connectivity index (χ0n) is 16.4. The monoisotopic (exact) mass is 393 g/mol. The number of ether oxygens (including phenoxy) is 2. The molecule has 0 bridgehead atoms. The number of hydrogen-bond donors (Lipinski definition) is 0. The lowest BCUT2D eigenvalue weighted by atomic mass is 9.85. The molecule has 0 radical (unpaired) electrons. The van der Waals surface area contributed by atoms with E-state index in [4.69, 9.17) is 9.47 Å². The lowest BCUT2D eigenvalue weighted by Crippen LogP contribution is -2.21. The number of carbonyl (C=O) groups excluding carboxylic acids is 1. The molecular formula is C24H24FNO3. The summed E-state index contributed by atoms with van der Waals surface area (Å²) in [5.41, 5.74) is 2.48. The van der Waals surface area contributed by atoms with Gasteiger partial charge >= 0.3 is 5.97 Å². The molecule has 4 rings (SSSR count). The van der Waals surface area contributed by atoms with Crippen LogP contribution in [0.15, 0.2) is 54.6 Å². The molecule has 0 N–H and O–H groups in total. The molecule has 150 valence electrons. The lowest BCUT2D eigenvalue weighted by molar-refractivity contribution is -0.143. The summed E-state index contributed by atoms with van der Waals surface area (Å²) in [5, 5.41) is 0.763. The van der Waals surface area contributed by atoms with Crippen LogP contribution in [0.3, 0.4) is 0 Å². The molecular weight excluding hydrogens is 369 g/mol. The number of rotatable bonds is 6. The molecule has 5 heteroatoms. The Balaban J connectivity index is 1.45. The van der Waals surface area contributed by atoms with Crippen LogP contribution in [-0.2, 0) is 16.1 Å². The van der Waals surface area contributed by atoms with Crippen LogP contribution in [-0.4, -0.2) is 18.1 Å². The minimum Gasteiger partial charge on any atom is -0.487 e. The predicted octanol–water partition coefficient (Wildman–Crippen LogP) is 5.40. The standard InChI is InChI=1S/C24H24FNO3/c1-28-24(27)23(16-4-2-3-5-16)17-7-11-21(12-8-17)29-15-20-10-6-18-14-19(25)9-13-22(18)26-20/h6-14,16,23H,2-5,15H2,1H3. The second kappa shape index (κ2) is 8.60. The highest BCUT2D eigenvalue weighted by atomic mass is 19.1. The van der Waals surface area contributed by atoms with E-state index >= 15 is 0 Å². The van der Waals surface area contributed by atoms with Gasteiger partial charge in [0, 0.05) is 5.39 Å². The summed E-state index contributed by atoms with van der Waals surface area (Å²) in [6.07, 6.45) is 4.47. The van der Waals surface area contributed by atoms with E-state index in [0.717, 1.165) is 35.0 Å². The summed E-state index contributed by atoms with van der Waals surface area (Å²) in [7, 11) is 1.45. The smallest absolute Gasteiger partial charge is 0.313 e. The molecule has 1 aliphatic carbocycles. The Morgan fingerprint density at radius 2 is 1.86 bits per heavy atom. The highest BCUT2D eigenvalue weighted by Crippen LogP contribution is 2.38. The molecule has 3 aromatic rings. The average Bonchev–Trinajstić information content (AvgIpc) is 3.27. The van der Waals surface area contributed by atoms with Crippen molar-refractivity contribution in [2.75, 3.05) is 7.11 Å². The van der Waals surface area contributed by atoms with Crippen molar-refractivity contribution in [3.63, 3.8) is 0 Å². The van der Waals surface area contributed by atoms with Crippen molar-refractivity contribution in [3.8, 4) is 5.75 Å². The van der Waals surface area contributed by atoms with Gasteiger partial charge in [0.25, 0.3) is 0 Å². The molecule has 1 heterocycles. The van der Waals surface area contributed by atoms with Gasteiger partial charge in [0.15, 0.2) is 0 Å². The maximum Gasteiger partial charge on any atom is 0.313 e. The van der Waals surface area contributed by atoms with Crippen molar-refractivity contribution in [3.05, 3.63) is 71.7 Å². The molecule has 1 saturated carbocycles. The third kappa shape index (κ3) is 4.39. The van der Waals surface area contributed by atoms with Gasteiger partial charge in [-0.2, -0.15) is 0 Å². The lowest BCUT2D eigenvalue weighted by Gasteiger charge is -2.21. The van der Waals surface area contributed by atoms with Crippen molar-refractivity contribution in [1.82, 2.24) is 4.98 Å². The van der Waals surface area contributed by atoms with Crippen molar-refractivity contribution in [2.24, 2.45) is 5.92 Å². The van der Waals surface area contributed by atoms with E-state index in [0.29, 0.717) is 18.3 Å². The normalized spacial score (nSPS) is 15.4. The van der Waals surface area contributed by atoms with Crippen molar-refractivity contribution in [2.45, 2.75) is 38.2 Å². The summed E-state index contributed by atoms with van der Waals surface area (Å²) in [6, 6.07) is 15.9. The molecule has 29 heavy (non-hydrogen) atoms. The van der Waals surface area contributed by atoms with Crippen molar-refractivity contribution < 1.29 is 18.7 Å². The third-order valence-electron chi connectivity index (χ3n) is 5.66. The molecule has 0 saturated heterocycles.